The Balaban J connectivity index is 1.85. The topological polar surface area (TPSA) is 86.2 Å². The fourth-order valence-corrected chi connectivity index (χ4v) is 3.36. The summed E-state index contributed by atoms with van der Waals surface area (Å²) in [4.78, 5) is 24.1. The molecule has 0 saturated heterocycles. The Bertz CT molecular complexity index is 1130. The van der Waals surface area contributed by atoms with Gasteiger partial charge in [-0.15, -0.1) is 0 Å². The van der Waals surface area contributed by atoms with Gasteiger partial charge in [0.05, 0.1) is 25.7 Å². The number of hydrogen-bond acceptors (Lipinski definition) is 7. The zero-order valence-corrected chi connectivity index (χ0v) is 18.2. The van der Waals surface area contributed by atoms with Gasteiger partial charge in [0.1, 0.15) is 11.5 Å². The molecule has 32 heavy (non-hydrogen) atoms. The monoisotopic (exact) mass is 464 g/mol. The smallest absolute Gasteiger partial charge is 0.433 e. The molecule has 168 valence electrons. The first-order chi connectivity index (χ1) is 15.2. The van der Waals surface area contributed by atoms with Gasteiger partial charge in [-0.2, -0.15) is 13.2 Å². The van der Waals surface area contributed by atoms with E-state index in [-0.39, 0.29) is 16.6 Å². The molecule has 0 saturated carbocycles. The van der Waals surface area contributed by atoms with Gasteiger partial charge in [-0.25, -0.2) is 15.0 Å². The first-order valence-corrected chi connectivity index (χ1v) is 10.2. The summed E-state index contributed by atoms with van der Waals surface area (Å²) in [6.07, 6.45) is -4.68. The summed E-state index contributed by atoms with van der Waals surface area (Å²) in [7, 11) is 2.88. The molecule has 11 heteroatoms. The second-order valence-corrected chi connectivity index (χ2v) is 7.43. The molecule has 3 aromatic rings. The number of methoxy groups -OCH3 is 2. The van der Waals surface area contributed by atoms with Gasteiger partial charge in [-0.05, 0) is 43.3 Å². The summed E-state index contributed by atoms with van der Waals surface area (Å²) in [5.41, 5.74) is 0.0270. The van der Waals surface area contributed by atoms with Crippen LogP contribution >= 0.6 is 11.8 Å². The van der Waals surface area contributed by atoms with Crippen molar-refractivity contribution in [3.8, 4) is 22.8 Å². The predicted octanol–water partition coefficient (Wildman–Crippen LogP) is 4.61. The lowest BCUT2D eigenvalue weighted by molar-refractivity contribution is -0.141. The molecule has 2 aromatic heterocycles. The van der Waals surface area contributed by atoms with Gasteiger partial charge in [0.15, 0.2) is 16.7 Å². The summed E-state index contributed by atoms with van der Waals surface area (Å²) in [6.45, 7) is 1.77. The van der Waals surface area contributed by atoms with Crippen LogP contribution in [0.1, 0.15) is 11.4 Å². The molecule has 1 amide bonds. The molecular weight excluding hydrogens is 445 g/mol. The molecule has 0 spiro atoms. The average molecular weight is 464 g/mol. The van der Waals surface area contributed by atoms with E-state index in [0.29, 0.717) is 22.9 Å². The maximum Gasteiger partial charge on any atom is 0.433 e. The van der Waals surface area contributed by atoms with Crippen molar-refractivity contribution in [1.82, 2.24) is 15.0 Å². The second-order valence-electron chi connectivity index (χ2n) is 6.49. The van der Waals surface area contributed by atoms with Gasteiger partial charge in [-0.1, -0.05) is 17.8 Å². The number of amides is 1. The van der Waals surface area contributed by atoms with Crippen LogP contribution in [0, 0.1) is 6.92 Å². The van der Waals surface area contributed by atoms with E-state index in [9.17, 15) is 18.0 Å². The van der Waals surface area contributed by atoms with Crippen molar-refractivity contribution in [3.63, 3.8) is 0 Å². The van der Waals surface area contributed by atoms with Crippen molar-refractivity contribution in [2.45, 2.75) is 18.3 Å². The van der Waals surface area contributed by atoms with Crippen LogP contribution < -0.4 is 14.8 Å². The van der Waals surface area contributed by atoms with E-state index in [1.54, 1.807) is 37.3 Å². The first-order valence-electron chi connectivity index (χ1n) is 9.24. The summed E-state index contributed by atoms with van der Waals surface area (Å²) < 4.78 is 50.6. The normalized spacial score (nSPS) is 11.2. The number of nitrogens with one attached hydrogen (secondary N) is 1. The first kappa shape index (κ1) is 23.3. The van der Waals surface area contributed by atoms with Crippen LogP contribution in [0.4, 0.5) is 19.0 Å². The number of rotatable bonds is 7. The fourth-order valence-electron chi connectivity index (χ4n) is 2.70. The minimum absolute atomic E-state index is 0.0385. The number of hydrogen-bond donors (Lipinski definition) is 1. The molecule has 0 bridgehead atoms. The molecule has 1 aromatic carbocycles. The number of carbonyl (C=O) groups is 1. The Labute approximate surface area is 186 Å². The molecule has 0 atom stereocenters. The largest absolute Gasteiger partial charge is 0.493 e. The standard InChI is InChI=1S/C21H19F3N4O3S/c1-12-5-4-6-18(25-12)28-19(29)11-32-20-26-14(10-17(27-20)21(22,23)24)13-7-8-15(30-2)16(9-13)31-3/h4-10H,11H2,1-3H3,(H,25,28,29). The van der Waals surface area contributed by atoms with Crippen LogP contribution in [0.25, 0.3) is 11.3 Å². The van der Waals surface area contributed by atoms with Crippen molar-refractivity contribution < 1.29 is 27.4 Å². The molecule has 1 N–H and O–H groups in total. The third-order valence-electron chi connectivity index (χ3n) is 4.16. The zero-order chi connectivity index (χ0) is 23.3. The highest BCUT2D eigenvalue weighted by Gasteiger charge is 2.34. The van der Waals surface area contributed by atoms with Gasteiger partial charge in [-0.3, -0.25) is 4.79 Å². The van der Waals surface area contributed by atoms with Crippen LogP contribution in [-0.4, -0.2) is 40.8 Å². The molecule has 0 aliphatic carbocycles. The quantitative estimate of drug-likeness (QED) is 0.404. The maximum absolute atomic E-state index is 13.4. The van der Waals surface area contributed by atoms with E-state index in [0.717, 1.165) is 23.5 Å². The lowest BCUT2D eigenvalue weighted by Gasteiger charge is -2.12. The highest BCUT2D eigenvalue weighted by Crippen LogP contribution is 2.35. The van der Waals surface area contributed by atoms with Crippen LogP contribution in [0.15, 0.2) is 47.6 Å². The van der Waals surface area contributed by atoms with Crippen LogP contribution in [-0.2, 0) is 11.0 Å². The summed E-state index contributed by atoms with van der Waals surface area (Å²) >= 11 is 0.791. The lowest BCUT2D eigenvalue weighted by Crippen LogP contribution is -2.16. The number of anilines is 1. The van der Waals surface area contributed by atoms with Crippen molar-refractivity contribution in [2.24, 2.45) is 0 Å². The van der Waals surface area contributed by atoms with Crippen molar-refractivity contribution in [2.75, 3.05) is 25.3 Å². The second kappa shape index (κ2) is 9.86. The summed E-state index contributed by atoms with van der Waals surface area (Å²) in [5, 5.41) is 2.41. The number of thioether (sulfide) groups is 1. The fraction of sp³-hybridized carbons (Fsp3) is 0.238. The van der Waals surface area contributed by atoms with E-state index >= 15 is 0 Å². The number of aryl methyl sites for hydroxylation is 1. The Kier molecular flexibility index (Phi) is 7.18. The predicted molar refractivity (Wildman–Crippen MR) is 114 cm³/mol. The molecule has 3 rings (SSSR count). The number of aromatic nitrogens is 3. The van der Waals surface area contributed by atoms with E-state index in [4.69, 9.17) is 9.47 Å². The SMILES string of the molecule is COc1ccc(-c2cc(C(F)(F)F)nc(SCC(=O)Nc3cccc(C)n3)n2)cc1OC. The summed E-state index contributed by atoms with van der Waals surface area (Å²) in [6, 6.07) is 10.6. The van der Waals surface area contributed by atoms with E-state index in [1.807, 2.05) is 0 Å². The average Bonchev–Trinajstić information content (AvgIpc) is 2.76. The Morgan fingerprint density at radius 3 is 2.44 bits per heavy atom. The number of ether oxygens (including phenoxy) is 2. The maximum atomic E-state index is 13.4. The van der Waals surface area contributed by atoms with Gasteiger partial charge in [0, 0.05) is 11.3 Å². The van der Waals surface area contributed by atoms with Gasteiger partial charge < -0.3 is 14.8 Å². The highest BCUT2D eigenvalue weighted by atomic mass is 32.2. The minimum Gasteiger partial charge on any atom is -0.493 e. The number of pyridine rings is 1. The zero-order valence-electron chi connectivity index (χ0n) is 17.4. The number of halogens is 3. The Morgan fingerprint density at radius 1 is 1.03 bits per heavy atom. The van der Waals surface area contributed by atoms with E-state index in [2.05, 4.69) is 20.3 Å². The number of carbonyl (C=O) groups excluding carboxylic acids is 1. The molecule has 0 aliphatic heterocycles. The van der Waals surface area contributed by atoms with E-state index in [1.165, 1.54) is 20.3 Å². The molecule has 2 heterocycles. The molecule has 0 radical (unpaired) electrons. The van der Waals surface area contributed by atoms with Gasteiger partial charge >= 0.3 is 6.18 Å². The van der Waals surface area contributed by atoms with Crippen LogP contribution in [0.3, 0.4) is 0 Å². The third kappa shape index (κ3) is 5.88. The van der Waals surface area contributed by atoms with Gasteiger partial charge in [0.2, 0.25) is 5.91 Å². The Hall–Kier alpha value is -3.34. The molecule has 0 aliphatic rings. The minimum atomic E-state index is -4.68. The van der Waals surface area contributed by atoms with Crippen molar-refractivity contribution in [3.05, 3.63) is 53.9 Å². The third-order valence-corrected chi connectivity index (χ3v) is 5.01. The van der Waals surface area contributed by atoms with Crippen LogP contribution in [0.2, 0.25) is 0 Å². The molecular formula is C21H19F3N4O3S. The Morgan fingerprint density at radius 2 is 1.78 bits per heavy atom. The summed E-state index contributed by atoms with van der Waals surface area (Å²) in [5.74, 6) is 0.490. The number of benzene rings is 1. The van der Waals surface area contributed by atoms with Crippen molar-refractivity contribution in [1.29, 1.82) is 0 Å². The van der Waals surface area contributed by atoms with E-state index < -0.39 is 17.8 Å². The number of alkyl halides is 3. The molecule has 0 unspecified atom stereocenters. The molecule has 7 nitrogen and oxygen atoms in total. The van der Waals surface area contributed by atoms with Gasteiger partial charge in [0.25, 0.3) is 0 Å². The lowest BCUT2D eigenvalue weighted by atomic mass is 10.1. The van der Waals surface area contributed by atoms with Crippen molar-refractivity contribution >= 4 is 23.5 Å². The number of nitrogens with zero attached hydrogens (tertiary/aromatic N) is 3. The van der Waals surface area contributed by atoms with Crippen LogP contribution in [0.5, 0.6) is 11.5 Å². The molecule has 0 fully saturated rings. The highest BCUT2D eigenvalue weighted by molar-refractivity contribution is 7.99.